The van der Waals surface area contributed by atoms with Gasteiger partial charge in [0.15, 0.2) is 0 Å². The first-order valence-electron chi connectivity index (χ1n) is 16.2. The Kier molecular flexibility index (Phi) is 6.54. The van der Waals surface area contributed by atoms with Gasteiger partial charge in [-0.1, -0.05) is 152 Å². The van der Waals surface area contributed by atoms with E-state index in [0.717, 1.165) is 17.1 Å². The monoisotopic (exact) mass is 597 g/mol. The summed E-state index contributed by atoms with van der Waals surface area (Å²) in [7, 11) is 0. The molecular formula is C46H31N. The summed E-state index contributed by atoms with van der Waals surface area (Å²) in [6.07, 6.45) is 0. The molecule has 220 valence electrons. The summed E-state index contributed by atoms with van der Waals surface area (Å²) >= 11 is 0. The summed E-state index contributed by atoms with van der Waals surface area (Å²) < 4.78 is 0. The molecule has 0 atom stereocenters. The van der Waals surface area contributed by atoms with Gasteiger partial charge < -0.3 is 4.90 Å². The van der Waals surface area contributed by atoms with Crippen molar-refractivity contribution < 1.29 is 0 Å². The second-order valence-electron chi connectivity index (χ2n) is 12.2. The molecule has 1 nitrogen and oxygen atoms in total. The molecule has 0 fully saturated rings. The van der Waals surface area contributed by atoms with Gasteiger partial charge in [-0.3, -0.25) is 0 Å². The molecule has 1 heteroatoms. The van der Waals surface area contributed by atoms with Crippen LogP contribution in [0.25, 0.3) is 65.3 Å². The minimum Gasteiger partial charge on any atom is -0.309 e. The van der Waals surface area contributed by atoms with Crippen LogP contribution in [0, 0.1) is 0 Å². The van der Waals surface area contributed by atoms with E-state index in [2.05, 4.69) is 193 Å². The molecule has 0 aliphatic carbocycles. The van der Waals surface area contributed by atoms with E-state index >= 15 is 0 Å². The number of anilines is 3. The number of hydrogen-bond acceptors (Lipinski definition) is 1. The molecule has 0 aromatic heterocycles. The van der Waals surface area contributed by atoms with Crippen molar-refractivity contribution in [1.82, 2.24) is 0 Å². The number of benzene rings is 9. The van der Waals surface area contributed by atoms with Gasteiger partial charge in [0.1, 0.15) is 0 Å². The standard InChI is InChI=1S/C46H31N/c1-2-14-35-30-36(25-24-32(35)12-1)33-26-28-38(29-27-33)47(45-23-11-16-34-13-3-6-18-40(34)45)46-22-10-9-21-43(46)44-31-37-15-4-5-17-39(37)41-19-7-8-20-42(41)44/h1-31H. The fraction of sp³-hybridized carbons (Fsp3) is 0. The second kappa shape index (κ2) is 11.3. The van der Waals surface area contributed by atoms with Gasteiger partial charge in [-0.25, -0.2) is 0 Å². The summed E-state index contributed by atoms with van der Waals surface area (Å²) in [6, 6.07) is 68.3. The Morgan fingerprint density at radius 3 is 1.68 bits per heavy atom. The highest BCUT2D eigenvalue weighted by atomic mass is 15.1. The molecule has 9 aromatic carbocycles. The van der Waals surface area contributed by atoms with Gasteiger partial charge in [0.05, 0.1) is 11.4 Å². The minimum absolute atomic E-state index is 1.11. The summed E-state index contributed by atoms with van der Waals surface area (Å²) in [4.78, 5) is 2.44. The lowest BCUT2D eigenvalue weighted by atomic mass is 9.92. The number of fused-ring (bicyclic) bond motifs is 5. The third kappa shape index (κ3) is 4.72. The molecule has 0 amide bonds. The lowest BCUT2D eigenvalue weighted by Gasteiger charge is -2.29. The highest BCUT2D eigenvalue weighted by Crippen LogP contribution is 2.46. The molecule has 0 bridgehead atoms. The summed E-state index contributed by atoms with van der Waals surface area (Å²) in [5, 5.41) is 9.99. The fourth-order valence-corrected chi connectivity index (χ4v) is 7.16. The van der Waals surface area contributed by atoms with E-state index in [4.69, 9.17) is 0 Å². The van der Waals surface area contributed by atoms with Crippen molar-refractivity contribution in [3.05, 3.63) is 188 Å². The first-order chi connectivity index (χ1) is 23.3. The molecule has 9 aromatic rings. The van der Waals surface area contributed by atoms with E-state index in [1.54, 1.807) is 0 Å². The van der Waals surface area contributed by atoms with Gasteiger partial charge in [-0.2, -0.15) is 0 Å². The van der Waals surface area contributed by atoms with E-state index in [1.807, 2.05) is 0 Å². The molecule has 0 aliphatic rings. The molecule has 0 saturated heterocycles. The predicted molar refractivity (Wildman–Crippen MR) is 202 cm³/mol. The SMILES string of the molecule is c1ccc(N(c2ccc(-c3ccc4ccccc4c3)cc2)c2cccc3ccccc23)c(-c2cc3ccccc3c3ccccc23)c1. The van der Waals surface area contributed by atoms with E-state index in [-0.39, 0.29) is 0 Å². The lowest BCUT2D eigenvalue weighted by molar-refractivity contribution is 1.30. The van der Waals surface area contributed by atoms with Crippen LogP contribution < -0.4 is 4.90 Å². The van der Waals surface area contributed by atoms with Crippen molar-refractivity contribution in [2.45, 2.75) is 0 Å². The Labute approximate surface area is 274 Å². The Morgan fingerprint density at radius 2 is 0.851 bits per heavy atom. The normalized spacial score (nSPS) is 11.4. The Balaban J connectivity index is 1.27. The van der Waals surface area contributed by atoms with Crippen LogP contribution in [0.1, 0.15) is 0 Å². The van der Waals surface area contributed by atoms with Crippen molar-refractivity contribution in [3.63, 3.8) is 0 Å². The number of para-hydroxylation sites is 1. The highest BCUT2D eigenvalue weighted by molar-refractivity contribution is 6.15. The number of rotatable bonds is 5. The van der Waals surface area contributed by atoms with Crippen molar-refractivity contribution in [2.24, 2.45) is 0 Å². The van der Waals surface area contributed by atoms with Gasteiger partial charge in [-0.05, 0) is 90.8 Å². The van der Waals surface area contributed by atoms with Crippen LogP contribution in [0.5, 0.6) is 0 Å². The molecule has 0 heterocycles. The Morgan fingerprint density at radius 1 is 0.277 bits per heavy atom. The van der Waals surface area contributed by atoms with Crippen molar-refractivity contribution >= 4 is 60.2 Å². The van der Waals surface area contributed by atoms with E-state index in [9.17, 15) is 0 Å². The van der Waals surface area contributed by atoms with Gasteiger partial charge in [-0.15, -0.1) is 0 Å². The molecule has 0 unspecified atom stereocenters. The average molecular weight is 598 g/mol. The molecule has 0 N–H and O–H groups in total. The predicted octanol–water partition coefficient (Wildman–Crippen LogP) is 13.1. The molecule has 0 saturated carbocycles. The minimum atomic E-state index is 1.11. The summed E-state index contributed by atoms with van der Waals surface area (Å²) in [5.41, 5.74) is 8.25. The third-order valence-corrected chi connectivity index (χ3v) is 9.42. The molecule has 47 heavy (non-hydrogen) atoms. The van der Waals surface area contributed by atoms with E-state index in [0.29, 0.717) is 0 Å². The van der Waals surface area contributed by atoms with Gasteiger partial charge in [0.2, 0.25) is 0 Å². The fourth-order valence-electron chi connectivity index (χ4n) is 7.16. The Bertz CT molecular complexity index is 2570. The van der Waals surface area contributed by atoms with Crippen LogP contribution in [0.2, 0.25) is 0 Å². The maximum absolute atomic E-state index is 2.44. The first kappa shape index (κ1) is 27.2. The van der Waals surface area contributed by atoms with E-state index < -0.39 is 0 Å². The summed E-state index contributed by atoms with van der Waals surface area (Å²) in [5.74, 6) is 0. The van der Waals surface area contributed by atoms with Crippen LogP contribution >= 0.6 is 0 Å². The van der Waals surface area contributed by atoms with Crippen LogP contribution in [0.15, 0.2) is 188 Å². The molecule has 9 rings (SSSR count). The zero-order valence-corrected chi connectivity index (χ0v) is 25.8. The topological polar surface area (TPSA) is 3.24 Å². The lowest BCUT2D eigenvalue weighted by Crippen LogP contribution is -2.11. The van der Waals surface area contributed by atoms with Gasteiger partial charge in [0.25, 0.3) is 0 Å². The van der Waals surface area contributed by atoms with Crippen molar-refractivity contribution in [1.29, 1.82) is 0 Å². The van der Waals surface area contributed by atoms with Crippen LogP contribution in [-0.4, -0.2) is 0 Å². The van der Waals surface area contributed by atoms with Crippen LogP contribution in [-0.2, 0) is 0 Å². The summed E-state index contributed by atoms with van der Waals surface area (Å²) in [6.45, 7) is 0. The Hall–Kier alpha value is -6.18. The zero-order valence-electron chi connectivity index (χ0n) is 25.8. The van der Waals surface area contributed by atoms with Gasteiger partial charge in [0, 0.05) is 16.6 Å². The maximum atomic E-state index is 2.44. The van der Waals surface area contributed by atoms with Crippen LogP contribution in [0.3, 0.4) is 0 Å². The number of hydrogen-bond donors (Lipinski definition) is 0. The van der Waals surface area contributed by atoms with E-state index in [1.165, 1.54) is 65.3 Å². The molecule has 0 aliphatic heterocycles. The molecular weight excluding hydrogens is 567 g/mol. The second-order valence-corrected chi connectivity index (χ2v) is 12.2. The van der Waals surface area contributed by atoms with Crippen molar-refractivity contribution in [3.8, 4) is 22.3 Å². The molecule has 0 spiro atoms. The quantitative estimate of drug-likeness (QED) is 0.178. The largest absolute Gasteiger partial charge is 0.309 e. The first-order valence-corrected chi connectivity index (χ1v) is 16.2. The highest BCUT2D eigenvalue weighted by Gasteiger charge is 2.20. The van der Waals surface area contributed by atoms with Gasteiger partial charge >= 0.3 is 0 Å². The smallest absolute Gasteiger partial charge is 0.0540 e. The zero-order chi connectivity index (χ0) is 31.2. The molecule has 0 radical (unpaired) electrons. The average Bonchev–Trinajstić information content (AvgIpc) is 3.15. The third-order valence-electron chi connectivity index (χ3n) is 9.42. The van der Waals surface area contributed by atoms with Crippen molar-refractivity contribution in [2.75, 3.05) is 4.90 Å². The maximum Gasteiger partial charge on any atom is 0.0540 e. The number of nitrogens with zero attached hydrogens (tertiary/aromatic N) is 1. The van der Waals surface area contributed by atoms with Crippen LogP contribution in [0.4, 0.5) is 17.1 Å².